The average Bonchev–Trinajstić information content (AvgIpc) is 2.84. The van der Waals surface area contributed by atoms with Gasteiger partial charge in [0.15, 0.2) is 13.5 Å². The Morgan fingerprint density at radius 2 is 0.771 bits per heavy atom. The van der Waals surface area contributed by atoms with Gasteiger partial charge in [-0.2, -0.15) is 0 Å². The van der Waals surface area contributed by atoms with Gasteiger partial charge in [0.2, 0.25) is 0 Å². The van der Waals surface area contributed by atoms with Gasteiger partial charge >= 0.3 is 0 Å². The summed E-state index contributed by atoms with van der Waals surface area (Å²) in [6, 6.07) is 1.89. The van der Waals surface area contributed by atoms with E-state index in [0.29, 0.717) is 8.97 Å². The Morgan fingerprint density at radius 3 is 1.06 bits per heavy atom. The molecule has 210 valence electrons. The van der Waals surface area contributed by atoms with Crippen molar-refractivity contribution in [2.24, 2.45) is 0 Å². The Kier molecular flexibility index (Phi) is 14.3. The van der Waals surface area contributed by atoms with E-state index in [-0.39, 0.29) is 13.5 Å². The minimum atomic E-state index is 0.144. The Morgan fingerprint density at radius 1 is 0.457 bits per heavy atom. The maximum atomic E-state index is 8.97. The molecule has 0 amide bonds. The summed E-state index contributed by atoms with van der Waals surface area (Å²) in [4.78, 5) is 0. The molecule has 2 rings (SSSR count). The van der Waals surface area contributed by atoms with Crippen molar-refractivity contribution in [3.05, 3.63) is 0 Å². The van der Waals surface area contributed by atoms with E-state index in [9.17, 15) is 0 Å². The highest BCUT2D eigenvalue weighted by molar-refractivity contribution is 4.67. The average molecular weight is 503 g/mol. The van der Waals surface area contributed by atoms with Gasteiger partial charge in [0.25, 0.3) is 0 Å². The van der Waals surface area contributed by atoms with Gasteiger partial charge in [-0.1, -0.05) is 12.8 Å². The molecule has 0 heterocycles. The molecule has 2 aliphatic rings. The smallest absolute Gasteiger partial charge is 0.180 e. The Bertz CT molecular complexity index is 503. The van der Waals surface area contributed by atoms with E-state index in [0.717, 1.165) is 25.2 Å². The molecule has 0 aromatic rings. The summed E-state index contributed by atoms with van der Waals surface area (Å²) >= 11 is 0. The molecule has 2 N–H and O–H groups in total. The van der Waals surface area contributed by atoms with E-state index in [2.05, 4.69) is 28.2 Å². The number of likely N-dealkylation sites (N-methyl/N-ethyl adjacent to an activating group) is 2. The quantitative estimate of drug-likeness (QED) is 0.227. The lowest BCUT2D eigenvalue weighted by Crippen LogP contribution is -2.51. The third-order valence-corrected chi connectivity index (χ3v) is 9.17. The molecule has 2 fully saturated rings. The molecular formula is C29H66N4O2+4. The highest BCUT2D eigenvalue weighted by atomic mass is 16.3. The SMILES string of the molecule is C[N+](C)(CCCCC[N+](C)(C)C1CCCCC1)C1CCCCC1.C[N+](C)(CO)CC[N+](C)(C)CO. The van der Waals surface area contributed by atoms with Gasteiger partial charge in [-0.15, -0.1) is 0 Å². The second-order valence-corrected chi connectivity index (χ2v) is 14.3. The van der Waals surface area contributed by atoms with Crippen LogP contribution in [0.25, 0.3) is 0 Å². The number of rotatable bonds is 13. The molecule has 0 radical (unpaired) electrons. The fourth-order valence-corrected chi connectivity index (χ4v) is 5.82. The highest BCUT2D eigenvalue weighted by Gasteiger charge is 2.30. The van der Waals surface area contributed by atoms with Gasteiger partial charge in [0.05, 0.1) is 81.6 Å². The molecule has 35 heavy (non-hydrogen) atoms. The van der Waals surface area contributed by atoms with Gasteiger partial charge in [-0.25, -0.2) is 0 Å². The second-order valence-electron chi connectivity index (χ2n) is 14.3. The maximum Gasteiger partial charge on any atom is 0.180 e. The van der Waals surface area contributed by atoms with E-state index in [1.807, 2.05) is 28.2 Å². The first kappa shape index (κ1) is 32.8. The van der Waals surface area contributed by atoms with Crippen LogP contribution in [0, 0.1) is 0 Å². The van der Waals surface area contributed by atoms with Crippen LogP contribution in [0.5, 0.6) is 0 Å². The van der Waals surface area contributed by atoms with Crippen molar-refractivity contribution in [1.29, 1.82) is 0 Å². The Balaban J connectivity index is 0.000000434. The predicted octanol–water partition coefficient (Wildman–Crippen LogP) is 4.01. The van der Waals surface area contributed by atoms with Crippen LogP contribution in [0.4, 0.5) is 0 Å². The normalized spacial score (nSPS) is 19.4. The molecule has 0 aliphatic heterocycles. The van der Waals surface area contributed by atoms with Crippen LogP contribution in [-0.4, -0.2) is 136 Å². The molecule has 0 aromatic carbocycles. The molecule has 0 saturated heterocycles. The number of nitrogens with zero attached hydrogens (tertiary/aromatic N) is 4. The number of quaternary nitrogens is 4. The summed E-state index contributed by atoms with van der Waals surface area (Å²) in [6.07, 6.45) is 19.0. The molecule has 0 bridgehead atoms. The molecule has 0 aromatic heterocycles. The molecule has 6 nitrogen and oxygen atoms in total. The zero-order valence-corrected chi connectivity index (χ0v) is 25.3. The molecule has 0 spiro atoms. The molecule has 0 unspecified atom stereocenters. The van der Waals surface area contributed by atoms with Crippen molar-refractivity contribution in [3.63, 3.8) is 0 Å². The third kappa shape index (κ3) is 13.2. The lowest BCUT2D eigenvalue weighted by Gasteiger charge is -2.41. The zero-order chi connectivity index (χ0) is 26.6. The highest BCUT2D eigenvalue weighted by Crippen LogP contribution is 2.27. The topological polar surface area (TPSA) is 40.5 Å². The van der Waals surface area contributed by atoms with E-state index in [1.54, 1.807) is 0 Å². The van der Waals surface area contributed by atoms with E-state index < -0.39 is 0 Å². The van der Waals surface area contributed by atoms with Gasteiger partial charge in [-0.05, 0) is 70.6 Å². The second kappa shape index (κ2) is 15.2. The number of hydrogen-bond donors (Lipinski definition) is 2. The fourth-order valence-electron chi connectivity index (χ4n) is 5.82. The molecular weight excluding hydrogens is 436 g/mol. The standard InChI is InChI=1S/C21H44N2.C8H22N2O2/c1-22(2,20-14-8-5-9-15-20)18-12-7-13-19-23(3,4)21-16-10-6-11-17-21;1-9(2,7-11)5-6-10(3,4)8-12/h20-21H,5-19H2,1-4H3;11-12H,5-8H2,1-4H3/q2*+2. The Labute approximate surface area is 219 Å². The van der Waals surface area contributed by atoms with Crippen molar-refractivity contribution in [2.75, 3.05) is 96.0 Å². The van der Waals surface area contributed by atoms with Crippen molar-refractivity contribution < 1.29 is 28.1 Å². The van der Waals surface area contributed by atoms with Gasteiger partial charge in [0, 0.05) is 0 Å². The molecule has 2 saturated carbocycles. The van der Waals surface area contributed by atoms with E-state index in [1.165, 1.54) is 106 Å². The molecule has 2 aliphatic carbocycles. The minimum Gasteiger partial charge on any atom is -0.347 e. The van der Waals surface area contributed by atoms with Crippen LogP contribution >= 0.6 is 0 Å². The number of hydrogen-bond acceptors (Lipinski definition) is 2. The van der Waals surface area contributed by atoms with Crippen LogP contribution in [0.3, 0.4) is 0 Å². The maximum absolute atomic E-state index is 8.97. The first-order valence-corrected chi connectivity index (χ1v) is 14.8. The van der Waals surface area contributed by atoms with Crippen LogP contribution < -0.4 is 0 Å². The first-order valence-electron chi connectivity index (χ1n) is 14.8. The van der Waals surface area contributed by atoms with Crippen molar-refractivity contribution in [2.45, 2.75) is 95.6 Å². The number of aliphatic hydroxyl groups is 2. The van der Waals surface area contributed by atoms with Gasteiger partial charge in [-0.3, -0.25) is 0 Å². The van der Waals surface area contributed by atoms with E-state index >= 15 is 0 Å². The largest absolute Gasteiger partial charge is 0.347 e. The zero-order valence-electron chi connectivity index (χ0n) is 25.3. The van der Waals surface area contributed by atoms with Crippen LogP contribution in [-0.2, 0) is 0 Å². The van der Waals surface area contributed by atoms with Gasteiger partial charge < -0.3 is 28.1 Å². The monoisotopic (exact) mass is 503 g/mol. The predicted molar refractivity (Wildman–Crippen MR) is 150 cm³/mol. The summed E-state index contributed by atoms with van der Waals surface area (Å²) in [6.45, 7) is 4.80. The lowest BCUT2D eigenvalue weighted by atomic mass is 9.92. The summed E-state index contributed by atoms with van der Waals surface area (Å²) in [5.41, 5.74) is 0. The van der Waals surface area contributed by atoms with Crippen molar-refractivity contribution >= 4 is 0 Å². The fraction of sp³-hybridized carbons (Fsp3) is 1.00. The summed E-state index contributed by atoms with van der Waals surface area (Å²) in [5.74, 6) is 0. The summed E-state index contributed by atoms with van der Waals surface area (Å²) in [5, 5.41) is 17.9. The lowest BCUT2D eigenvalue weighted by molar-refractivity contribution is -0.962. The minimum absolute atomic E-state index is 0.144. The summed E-state index contributed by atoms with van der Waals surface area (Å²) < 4.78 is 3.73. The number of aliphatic hydroxyl groups excluding tert-OH is 2. The number of unbranched alkanes of at least 4 members (excludes halogenated alkanes) is 2. The van der Waals surface area contributed by atoms with Crippen LogP contribution in [0.1, 0.15) is 83.5 Å². The molecule has 6 heteroatoms. The van der Waals surface area contributed by atoms with Crippen molar-refractivity contribution in [1.82, 2.24) is 0 Å². The molecule has 0 atom stereocenters. The van der Waals surface area contributed by atoms with Gasteiger partial charge in [0.1, 0.15) is 13.1 Å². The summed E-state index contributed by atoms with van der Waals surface area (Å²) in [7, 11) is 17.8. The van der Waals surface area contributed by atoms with Crippen molar-refractivity contribution in [3.8, 4) is 0 Å². The van der Waals surface area contributed by atoms with E-state index in [4.69, 9.17) is 10.2 Å². The first-order chi connectivity index (χ1) is 16.2. The van der Waals surface area contributed by atoms with Crippen LogP contribution in [0.2, 0.25) is 0 Å². The van der Waals surface area contributed by atoms with Crippen LogP contribution in [0.15, 0.2) is 0 Å². The Hall–Kier alpha value is -0.240. The third-order valence-electron chi connectivity index (χ3n) is 9.17.